The van der Waals surface area contributed by atoms with Gasteiger partial charge in [-0.3, -0.25) is 4.79 Å². The zero-order valence-corrected chi connectivity index (χ0v) is 11.4. The maximum absolute atomic E-state index is 11.3. The Morgan fingerprint density at radius 1 is 1.21 bits per heavy atom. The third kappa shape index (κ3) is 5.90. The van der Waals surface area contributed by atoms with Gasteiger partial charge in [-0.15, -0.1) is 0 Å². The largest absolute Gasteiger partial charge is 0.480 e. The molecule has 0 aromatic heterocycles. The Kier molecular flexibility index (Phi) is 6.78. The minimum atomic E-state index is -1.32. The summed E-state index contributed by atoms with van der Waals surface area (Å²) in [6, 6.07) is 0. The van der Waals surface area contributed by atoms with Crippen LogP contribution < -0.4 is 5.73 Å². The lowest BCUT2D eigenvalue weighted by Gasteiger charge is -2.27. The summed E-state index contributed by atoms with van der Waals surface area (Å²) in [5.41, 5.74) is 4.79. The van der Waals surface area contributed by atoms with Gasteiger partial charge in [-0.25, -0.2) is 0 Å². The van der Waals surface area contributed by atoms with Gasteiger partial charge in [-0.05, 0) is 45.1 Å². The number of aliphatic carboxylic acids is 1. The molecule has 7 heteroatoms. The van der Waals surface area contributed by atoms with E-state index in [1.165, 1.54) is 12.8 Å². The van der Waals surface area contributed by atoms with Gasteiger partial charge in [0.05, 0.1) is 0 Å². The van der Waals surface area contributed by atoms with Crippen molar-refractivity contribution in [3.63, 3.8) is 0 Å². The summed E-state index contributed by atoms with van der Waals surface area (Å²) in [5.74, 6) is -0.962. The van der Waals surface area contributed by atoms with Gasteiger partial charge in [-0.1, -0.05) is 12.8 Å². The van der Waals surface area contributed by atoms with Crippen LogP contribution in [0.4, 0.5) is 0 Å². The second-order valence-electron chi connectivity index (χ2n) is 5.49. The lowest BCUT2D eigenvalue weighted by atomic mass is 9.81. The molecular formula is C12H25BN2O4. The Morgan fingerprint density at radius 2 is 1.84 bits per heavy atom. The van der Waals surface area contributed by atoms with Gasteiger partial charge in [-0.2, -0.15) is 0 Å². The number of likely N-dealkylation sites (tertiary alicyclic amines) is 1. The summed E-state index contributed by atoms with van der Waals surface area (Å²) in [6.45, 7) is 2.80. The number of carboxylic acid groups (broad SMARTS) is 1. The average molecular weight is 272 g/mol. The van der Waals surface area contributed by atoms with Crippen LogP contribution in [-0.2, 0) is 4.79 Å². The summed E-state index contributed by atoms with van der Waals surface area (Å²) in [6.07, 6.45) is 4.63. The van der Waals surface area contributed by atoms with E-state index in [9.17, 15) is 9.90 Å². The molecule has 0 saturated carbocycles. The van der Waals surface area contributed by atoms with Gasteiger partial charge in [0, 0.05) is 6.54 Å². The molecule has 1 atom stereocenters. The third-order valence-electron chi connectivity index (χ3n) is 3.83. The molecule has 1 rings (SSSR count). The summed E-state index contributed by atoms with van der Waals surface area (Å²) in [7, 11) is -1.32. The molecule has 19 heavy (non-hydrogen) atoms. The highest BCUT2D eigenvalue weighted by Crippen LogP contribution is 2.19. The Balaban J connectivity index is 2.32. The molecular weight excluding hydrogens is 247 g/mol. The van der Waals surface area contributed by atoms with E-state index in [1.54, 1.807) is 0 Å². The van der Waals surface area contributed by atoms with Crippen LogP contribution in [-0.4, -0.2) is 58.3 Å². The first kappa shape index (κ1) is 16.4. The van der Waals surface area contributed by atoms with Gasteiger partial charge in [0.1, 0.15) is 5.54 Å². The summed E-state index contributed by atoms with van der Waals surface area (Å²) in [5, 5.41) is 26.8. The second-order valence-corrected chi connectivity index (χ2v) is 5.49. The highest BCUT2D eigenvalue weighted by Gasteiger charge is 2.33. The van der Waals surface area contributed by atoms with E-state index in [4.69, 9.17) is 15.8 Å². The predicted molar refractivity (Wildman–Crippen MR) is 73.7 cm³/mol. The number of carbonyl (C=O) groups is 1. The highest BCUT2D eigenvalue weighted by molar-refractivity contribution is 6.40. The van der Waals surface area contributed by atoms with E-state index in [0.717, 1.165) is 19.6 Å². The Hall–Kier alpha value is -0.625. The van der Waals surface area contributed by atoms with Crippen molar-refractivity contribution in [1.82, 2.24) is 4.90 Å². The molecule has 0 bridgehead atoms. The highest BCUT2D eigenvalue weighted by atomic mass is 16.4. The number of hydrogen-bond acceptors (Lipinski definition) is 5. The molecule has 0 spiro atoms. The van der Waals surface area contributed by atoms with Crippen molar-refractivity contribution in [3.05, 3.63) is 0 Å². The van der Waals surface area contributed by atoms with Crippen molar-refractivity contribution in [2.45, 2.75) is 50.4 Å². The van der Waals surface area contributed by atoms with E-state index in [2.05, 4.69) is 4.90 Å². The molecule has 1 aliphatic rings. The Morgan fingerprint density at radius 3 is 2.37 bits per heavy atom. The maximum atomic E-state index is 11.3. The van der Waals surface area contributed by atoms with Crippen molar-refractivity contribution < 1.29 is 19.9 Å². The minimum absolute atomic E-state index is 0.266. The van der Waals surface area contributed by atoms with Gasteiger partial charge < -0.3 is 25.8 Å². The molecule has 1 unspecified atom stereocenters. The topological polar surface area (TPSA) is 107 Å². The fourth-order valence-corrected chi connectivity index (χ4v) is 2.47. The SMILES string of the molecule is NC(CCCCB(O)O)(CCN1CCCC1)C(=O)O. The van der Waals surface area contributed by atoms with Gasteiger partial charge in [0.25, 0.3) is 0 Å². The van der Waals surface area contributed by atoms with Crippen LogP contribution in [0.2, 0.25) is 6.32 Å². The Labute approximate surface area is 114 Å². The summed E-state index contributed by atoms with van der Waals surface area (Å²) < 4.78 is 0. The van der Waals surface area contributed by atoms with E-state index in [-0.39, 0.29) is 6.32 Å². The van der Waals surface area contributed by atoms with Crippen LogP contribution in [0.5, 0.6) is 0 Å². The van der Waals surface area contributed by atoms with E-state index < -0.39 is 18.6 Å². The predicted octanol–water partition coefficient (Wildman–Crippen LogP) is -0.103. The van der Waals surface area contributed by atoms with Gasteiger partial charge in [0.2, 0.25) is 0 Å². The first-order chi connectivity index (χ1) is 8.94. The van der Waals surface area contributed by atoms with E-state index >= 15 is 0 Å². The minimum Gasteiger partial charge on any atom is -0.480 e. The number of nitrogens with zero attached hydrogens (tertiary/aromatic N) is 1. The number of nitrogens with two attached hydrogens (primary N) is 1. The number of unbranched alkanes of at least 4 members (excludes halogenated alkanes) is 1. The first-order valence-electron chi connectivity index (χ1n) is 7.05. The standard InChI is InChI=1S/C12H25BN2O4/c14-12(11(16)17,5-1-2-7-13(18)19)6-10-15-8-3-4-9-15/h18-19H,1-10,14H2,(H,16,17). The molecule has 0 radical (unpaired) electrons. The molecule has 0 aromatic rings. The zero-order chi connectivity index (χ0) is 14.3. The molecule has 6 nitrogen and oxygen atoms in total. The van der Waals surface area contributed by atoms with Crippen molar-refractivity contribution in [2.24, 2.45) is 5.73 Å². The first-order valence-corrected chi connectivity index (χ1v) is 7.05. The monoisotopic (exact) mass is 272 g/mol. The van der Waals surface area contributed by atoms with E-state index in [0.29, 0.717) is 25.7 Å². The smallest absolute Gasteiger partial charge is 0.451 e. The lowest BCUT2D eigenvalue weighted by Crippen LogP contribution is -2.50. The lowest BCUT2D eigenvalue weighted by molar-refractivity contribution is -0.144. The van der Waals surface area contributed by atoms with Gasteiger partial charge >= 0.3 is 13.1 Å². The number of carboxylic acids is 1. The number of rotatable bonds is 9. The second kappa shape index (κ2) is 7.84. The van der Waals surface area contributed by atoms with Crippen LogP contribution >= 0.6 is 0 Å². The summed E-state index contributed by atoms with van der Waals surface area (Å²) in [4.78, 5) is 13.6. The van der Waals surface area contributed by atoms with Crippen LogP contribution in [0.1, 0.15) is 38.5 Å². The number of hydrogen-bond donors (Lipinski definition) is 4. The van der Waals surface area contributed by atoms with Crippen molar-refractivity contribution in [3.8, 4) is 0 Å². The fourth-order valence-electron chi connectivity index (χ4n) is 2.47. The normalized spacial score (nSPS) is 19.3. The molecule has 1 fully saturated rings. The molecule has 1 aliphatic heterocycles. The molecule has 1 saturated heterocycles. The molecule has 0 aromatic carbocycles. The van der Waals surface area contributed by atoms with Crippen molar-refractivity contribution >= 4 is 13.1 Å². The molecule has 0 amide bonds. The molecule has 5 N–H and O–H groups in total. The third-order valence-corrected chi connectivity index (χ3v) is 3.83. The van der Waals surface area contributed by atoms with Crippen LogP contribution in [0.3, 0.4) is 0 Å². The molecule has 1 heterocycles. The fraction of sp³-hybridized carbons (Fsp3) is 0.917. The quantitative estimate of drug-likeness (QED) is 0.345. The van der Waals surface area contributed by atoms with Crippen LogP contribution in [0.15, 0.2) is 0 Å². The van der Waals surface area contributed by atoms with Gasteiger partial charge in [0.15, 0.2) is 0 Å². The molecule has 110 valence electrons. The van der Waals surface area contributed by atoms with Crippen LogP contribution in [0, 0.1) is 0 Å². The van der Waals surface area contributed by atoms with Crippen molar-refractivity contribution in [2.75, 3.05) is 19.6 Å². The van der Waals surface area contributed by atoms with Crippen LogP contribution in [0.25, 0.3) is 0 Å². The summed E-state index contributed by atoms with van der Waals surface area (Å²) >= 11 is 0. The maximum Gasteiger partial charge on any atom is 0.451 e. The zero-order valence-electron chi connectivity index (χ0n) is 11.4. The van der Waals surface area contributed by atoms with E-state index in [1.807, 2.05) is 0 Å². The Bertz CT molecular complexity index is 285. The van der Waals surface area contributed by atoms with Crippen molar-refractivity contribution in [1.29, 1.82) is 0 Å². The molecule has 0 aliphatic carbocycles. The average Bonchev–Trinajstić information content (AvgIpc) is 2.85.